The molecule has 1 fully saturated rings. The number of halogens is 1. The maximum absolute atomic E-state index is 6.45. The highest BCUT2D eigenvalue weighted by Crippen LogP contribution is 2.35. The van der Waals surface area contributed by atoms with Crippen molar-refractivity contribution >= 4 is 39.7 Å². The molecule has 1 aliphatic heterocycles. The van der Waals surface area contributed by atoms with E-state index in [2.05, 4.69) is 15.2 Å². The number of hydrogen-bond acceptors (Lipinski definition) is 7. The maximum Gasteiger partial charge on any atom is 0.163 e. The molecule has 0 unspecified atom stereocenters. The molecule has 34 heavy (non-hydrogen) atoms. The van der Waals surface area contributed by atoms with E-state index in [4.69, 9.17) is 30.8 Å². The van der Waals surface area contributed by atoms with Gasteiger partial charge in [-0.05, 0) is 25.0 Å². The first-order valence-corrected chi connectivity index (χ1v) is 11.8. The van der Waals surface area contributed by atoms with Crippen molar-refractivity contribution < 1.29 is 14.2 Å². The van der Waals surface area contributed by atoms with Crippen LogP contribution in [-0.4, -0.2) is 65.8 Å². The Balaban J connectivity index is 1.43. The van der Waals surface area contributed by atoms with Gasteiger partial charge in [-0.15, -0.1) is 0 Å². The third-order valence-electron chi connectivity index (χ3n) is 6.08. The number of hydrogen-bond donors (Lipinski definition) is 1. The lowest BCUT2D eigenvalue weighted by atomic mass is 10.2. The number of anilines is 2. The second-order valence-electron chi connectivity index (χ2n) is 8.31. The quantitative estimate of drug-likeness (QED) is 0.366. The molecule has 0 saturated carbocycles. The van der Waals surface area contributed by atoms with Gasteiger partial charge >= 0.3 is 0 Å². The maximum atomic E-state index is 6.45. The number of morpholine rings is 1. The van der Waals surface area contributed by atoms with Gasteiger partial charge in [-0.2, -0.15) is 0 Å². The van der Waals surface area contributed by atoms with Crippen LogP contribution >= 0.6 is 11.6 Å². The average molecular weight is 482 g/mol. The first-order chi connectivity index (χ1) is 16.6. The molecular formula is C25H28ClN5O3. The number of nitrogens with one attached hydrogen (secondary N) is 1. The monoisotopic (exact) mass is 481 g/mol. The summed E-state index contributed by atoms with van der Waals surface area (Å²) in [5.41, 5.74) is 4.35. The molecule has 0 amide bonds. The fourth-order valence-corrected chi connectivity index (χ4v) is 4.50. The summed E-state index contributed by atoms with van der Waals surface area (Å²) < 4.78 is 19.2. The SMILES string of the molecule is COc1cc2c(cc1OCCCN1CCOCC1)nc(Nc1c(C)cccc1Cl)c1cncn12. The number of para-hydroxylation sites is 1. The number of methoxy groups -OCH3 is 1. The third-order valence-corrected chi connectivity index (χ3v) is 6.39. The summed E-state index contributed by atoms with van der Waals surface area (Å²) in [7, 11) is 1.65. The van der Waals surface area contributed by atoms with Crippen LogP contribution in [-0.2, 0) is 4.74 Å². The van der Waals surface area contributed by atoms with E-state index in [9.17, 15) is 0 Å². The predicted octanol–water partition coefficient (Wildman–Crippen LogP) is 4.70. The van der Waals surface area contributed by atoms with Gasteiger partial charge in [-0.1, -0.05) is 23.7 Å². The topological polar surface area (TPSA) is 73.2 Å². The van der Waals surface area contributed by atoms with Gasteiger partial charge in [-0.3, -0.25) is 9.30 Å². The Morgan fingerprint density at radius 1 is 1.15 bits per heavy atom. The van der Waals surface area contributed by atoms with Crippen LogP contribution in [0.5, 0.6) is 11.5 Å². The molecule has 0 radical (unpaired) electrons. The summed E-state index contributed by atoms with van der Waals surface area (Å²) in [6, 6.07) is 9.67. The lowest BCUT2D eigenvalue weighted by molar-refractivity contribution is 0.0357. The number of aryl methyl sites for hydroxylation is 1. The largest absolute Gasteiger partial charge is 0.493 e. The highest BCUT2D eigenvalue weighted by molar-refractivity contribution is 6.33. The Hall–Kier alpha value is -3.07. The van der Waals surface area contributed by atoms with Crippen LogP contribution in [0.4, 0.5) is 11.5 Å². The van der Waals surface area contributed by atoms with Gasteiger partial charge in [0.05, 0.1) is 61.2 Å². The molecule has 1 aliphatic rings. The molecular weight excluding hydrogens is 454 g/mol. The van der Waals surface area contributed by atoms with Gasteiger partial charge in [0, 0.05) is 31.8 Å². The predicted molar refractivity (Wildman–Crippen MR) is 134 cm³/mol. The normalized spacial score (nSPS) is 14.6. The zero-order chi connectivity index (χ0) is 23.5. The summed E-state index contributed by atoms with van der Waals surface area (Å²) in [5.74, 6) is 2.01. The van der Waals surface area contributed by atoms with Crippen molar-refractivity contribution in [2.75, 3.05) is 51.9 Å². The molecule has 8 nitrogen and oxygen atoms in total. The van der Waals surface area contributed by atoms with Crippen molar-refractivity contribution in [3.63, 3.8) is 0 Å². The van der Waals surface area contributed by atoms with Crippen LogP contribution < -0.4 is 14.8 Å². The number of benzene rings is 2. The lowest BCUT2D eigenvalue weighted by Crippen LogP contribution is -2.37. The first-order valence-electron chi connectivity index (χ1n) is 11.4. The fourth-order valence-electron chi connectivity index (χ4n) is 4.23. The average Bonchev–Trinajstić information content (AvgIpc) is 3.35. The smallest absolute Gasteiger partial charge is 0.163 e. The van der Waals surface area contributed by atoms with Gasteiger partial charge in [-0.25, -0.2) is 9.97 Å². The van der Waals surface area contributed by atoms with Gasteiger partial charge in [0.15, 0.2) is 17.3 Å². The molecule has 1 N–H and O–H groups in total. The molecule has 0 aliphatic carbocycles. The number of ether oxygens (including phenoxy) is 3. The zero-order valence-electron chi connectivity index (χ0n) is 19.4. The summed E-state index contributed by atoms with van der Waals surface area (Å²) in [6.07, 6.45) is 4.48. The fraction of sp³-hybridized carbons (Fsp3) is 0.360. The minimum Gasteiger partial charge on any atom is -0.493 e. The molecule has 178 valence electrons. The Kier molecular flexibility index (Phi) is 6.71. The molecule has 0 bridgehead atoms. The summed E-state index contributed by atoms with van der Waals surface area (Å²) in [5, 5.41) is 4.04. The van der Waals surface area contributed by atoms with Crippen LogP contribution in [0, 0.1) is 6.92 Å². The minimum atomic E-state index is 0.594. The molecule has 2 aromatic carbocycles. The van der Waals surface area contributed by atoms with Crippen LogP contribution in [0.2, 0.25) is 5.02 Å². The van der Waals surface area contributed by atoms with Crippen LogP contribution in [0.25, 0.3) is 16.6 Å². The molecule has 9 heteroatoms. The van der Waals surface area contributed by atoms with Crippen molar-refractivity contribution in [2.45, 2.75) is 13.3 Å². The van der Waals surface area contributed by atoms with E-state index in [0.717, 1.165) is 67.1 Å². The second kappa shape index (κ2) is 10.0. The van der Waals surface area contributed by atoms with Crippen molar-refractivity contribution in [1.29, 1.82) is 0 Å². The molecule has 1 saturated heterocycles. The Morgan fingerprint density at radius 3 is 2.79 bits per heavy atom. The number of fused-ring (bicyclic) bond motifs is 3. The Morgan fingerprint density at radius 2 is 2.00 bits per heavy atom. The van der Waals surface area contributed by atoms with Crippen molar-refractivity contribution in [1.82, 2.24) is 19.3 Å². The molecule has 0 atom stereocenters. The Labute approximate surface area is 203 Å². The van der Waals surface area contributed by atoms with Crippen molar-refractivity contribution in [2.24, 2.45) is 0 Å². The Bertz CT molecular complexity index is 1280. The van der Waals surface area contributed by atoms with Crippen LogP contribution in [0.15, 0.2) is 42.9 Å². The van der Waals surface area contributed by atoms with Crippen molar-refractivity contribution in [3.8, 4) is 11.5 Å². The van der Waals surface area contributed by atoms with E-state index in [1.54, 1.807) is 19.6 Å². The van der Waals surface area contributed by atoms with Crippen LogP contribution in [0.1, 0.15) is 12.0 Å². The summed E-state index contributed by atoms with van der Waals surface area (Å²) in [6.45, 7) is 7.15. The van der Waals surface area contributed by atoms with E-state index >= 15 is 0 Å². The molecule has 0 spiro atoms. The van der Waals surface area contributed by atoms with E-state index in [1.807, 2.05) is 41.7 Å². The lowest BCUT2D eigenvalue weighted by Gasteiger charge is -2.26. The molecule has 4 aromatic rings. The molecule has 5 rings (SSSR count). The minimum absolute atomic E-state index is 0.594. The van der Waals surface area contributed by atoms with Gasteiger partial charge in [0.2, 0.25) is 0 Å². The summed E-state index contributed by atoms with van der Waals surface area (Å²) in [4.78, 5) is 11.6. The number of rotatable bonds is 8. The first kappa shape index (κ1) is 22.7. The van der Waals surface area contributed by atoms with E-state index in [1.165, 1.54) is 0 Å². The van der Waals surface area contributed by atoms with Crippen LogP contribution in [0.3, 0.4) is 0 Å². The highest BCUT2D eigenvalue weighted by Gasteiger charge is 2.16. The molecule has 3 heterocycles. The number of imidazole rings is 1. The zero-order valence-corrected chi connectivity index (χ0v) is 20.1. The van der Waals surface area contributed by atoms with E-state index in [-0.39, 0.29) is 0 Å². The standard InChI is InChI=1S/C25H28ClN5O3/c1-17-5-3-6-18(26)24(17)29-25-21-15-27-16-31(21)20-14-22(32-2)23(13-19(20)28-25)34-10-4-7-30-8-11-33-12-9-30/h3,5-6,13-16H,4,7-12H2,1-2H3,(H,28,29). The molecule has 2 aromatic heterocycles. The summed E-state index contributed by atoms with van der Waals surface area (Å²) >= 11 is 6.45. The second-order valence-corrected chi connectivity index (χ2v) is 8.72. The third kappa shape index (κ3) is 4.61. The number of nitrogens with zero attached hydrogens (tertiary/aromatic N) is 4. The van der Waals surface area contributed by atoms with Gasteiger partial charge in [0.1, 0.15) is 5.52 Å². The van der Waals surface area contributed by atoms with Gasteiger partial charge in [0.25, 0.3) is 0 Å². The highest BCUT2D eigenvalue weighted by atomic mass is 35.5. The number of aromatic nitrogens is 3. The van der Waals surface area contributed by atoms with Gasteiger partial charge < -0.3 is 19.5 Å². The van der Waals surface area contributed by atoms with E-state index < -0.39 is 0 Å². The van der Waals surface area contributed by atoms with Crippen molar-refractivity contribution in [3.05, 3.63) is 53.4 Å². The van der Waals surface area contributed by atoms with E-state index in [0.29, 0.717) is 28.9 Å².